The van der Waals surface area contributed by atoms with Crippen molar-refractivity contribution in [3.05, 3.63) is 0 Å². The second-order valence-electron chi connectivity index (χ2n) is 2.75. The summed E-state index contributed by atoms with van der Waals surface area (Å²) in [6.45, 7) is 1.75. The molecule has 9 nitrogen and oxygen atoms in total. The van der Waals surface area contributed by atoms with Crippen LogP contribution in [0.2, 0.25) is 0 Å². The fourth-order valence-corrected chi connectivity index (χ4v) is 0.964. The summed E-state index contributed by atoms with van der Waals surface area (Å²) in [7, 11) is -1.60. The summed E-state index contributed by atoms with van der Waals surface area (Å²) < 4.78 is 27.5. The van der Waals surface area contributed by atoms with Crippen LogP contribution < -0.4 is 6.15 Å². The van der Waals surface area contributed by atoms with Gasteiger partial charge in [-0.3, -0.25) is 13.3 Å². The molecule has 0 aliphatic heterocycles. The third kappa shape index (κ3) is 15.7. The standard InChI is InChI=1S/C6H15NO3.C2H6O4S.H3N/c8-4-1-7(2-5-9)3-6-10;1-5-7(3,4)6-2;/h8-10H,1-6H2;1-2H3;1H3. The first-order valence-electron chi connectivity index (χ1n) is 4.88. The highest BCUT2D eigenvalue weighted by atomic mass is 32.3. The summed E-state index contributed by atoms with van der Waals surface area (Å²) in [6, 6.07) is 0. The molecule has 0 unspecified atom stereocenters. The fourth-order valence-electron chi connectivity index (χ4n) is 0.828. The van der Waals surface area contributed by atoms with E-state index in [1.807, 2.05) is 0 Å². The highest BCUT2D eigenvalue weighted by Crippen LogP contribution is 1.86. The molecule has 6 N–H and O–H groups in total. The number of nitrogens with zero attached hydrogens (tertiary/aromatic N) is 1. The highest BCUT2D eigenvalue weighted by Gasteiger charge is 2.01. The number of aliphatic hydroxyl groups excluding tert-OH is 3. The lowest BCUT2D eigenvalue weighted by molar-refractivity contribution is 0.136. The Morgan fingerprint density at radius 3 is 1.28 bits per heavy atom. The van der Waals surface area contributed by atoms with Crippen LogP contribution >= 0.6 is 0 Å². The van der Waals surface area contributed by atoms with E-state index in [4.69, 9.17) is 15.3 Å². The molecule has 0 heterocycles. The van der Waals surface area contributed by atoms with Crippen molar-refractivity contribution in [3.8, 4) is 0 Å². The monoisotopic (exact) mass is 292 g/mol. The quantitative estimate of drug-likeness (QED) is 0.396. The highest BCUT2D eigenvalue weighted by molar-refractivity contribution is 7.81. The minimum atomic E-state index is -3.66. The minimum Gasteiger partial charge on any atom is -0.395 e. The Hall–Kier alpha value is -0.330. The summed E-state index contributed by atoms with van der Waals surface area (Å²) >= 11 is 0. The first kappa shape index (κ1) is 22.8. The third-order valence-corrected chi connectivity index (χ3v) is 2.47. The summed E-state index contributed by atoms with van der Waals surface area (Å²) in [5.41, 5.74) is 0. The van der Waals surface area contributed by atoms with Crippen LogP contribution in [0.5, 0.6) is 0 Å². The largest absolute Gasteiger partial charge is 0.399 e. The molecule has 0 aliphatic carbocycles. The van der Waals surface area contributed by atoms with Gasteiger partial charge < -0.3 is 21.5 Å². The van der Waals surface area contributed by atoms with Crippen molar-refractivity contribution in [2.75, 3.05) is 53.7 Å². The Balaban J connectivity index is -0.000000251. The lowest BCUT2D eigenvalue weighted by Gasteiger charge is -2.17. The molecular weight excluding hydrogens is 268 g/mol. The van der Waals surface area contributed by atoms with Crippen molar-refractivity contribution in [1.29, 1.82) is 0 Å². The molecule has 0 saturated carbocycles. The normalized spacial score (nSPS) is 10.6. The van der Waals surface area contributed by atoms with Crippen molar-refractivity contribution in [2.45, 2.75) is 0 Å². The maximum Gasteiger partial charge on any atom is 0.399 e. The smallest absolute Gasteiger partial charge is 0.395 e. The fraction of sp³-hybridized carbons (Fsp3) is 1.00. The van der Waals surface area contributed by atoms with Crippen LogP contribution in [0.3, 0.4) is 0 Å². The van der Waals surface area contributed by atoms with Gasteiger partial charge in [-0.05, 0) is 0 Å². The van der Waals surface area contributed by atoms with Gasteiger partial charge in [0.15, 0.2) is 0 Å². The van der Waals surface area contributed by atoms with Crippen LogP contribution in [0, 0.1) is 0 Å². The molecule has 0 aliphatic rings. The Morgan fingerprint density at radius 2 is 1.17 bits per heavy atom. The molecule has 0 atom stereocenters. The second-order valence-corrected chi connectivity index (χ2v) is 4.24. The van der Waals surface area contributed by atoms with Crippen LogP contribution in [0.4, 0.5) is 0 Å². The minimum absolute atomic E-state index is 0. The number of rotatable bonds is 8. The zero-order valence-electron chi connectivity index (χ0n) is 10.8. The zero-order chi connectivity index (χ0) is 13.7. The molecule has 0 amide bonds. The maximum atomic E-state index is 9.92. The molecule has 10 heteroatoms. The summed E-state index contributed by atoms with van der Waals surface area (Å²) in [5, 5.41) is 25.5. The molecule has 0 fully saturated rings. The van der Waals surface area contributed by atoms with Gasteiger partial charge in [0, 0.05) is 19.6 Å². The molecule has 0 aromatic heterocycles. The van der Waals surface area contributed by atoms with Crippen molar-refractivity contribution in [3.63, 3.8) is 0 Å². The lowest BCUT2D eigenvalue weighted by atomic mass is 10.4. The molecule has 0 saturated heterocycles. The van der Waals surface area contributed by atoms with Crippen molar-refractivity contribution < 1.29 is 32.1 Å². The Kier molecular flexibility index (Phi) is 18.7. The Bertz CT molecular complexity index is 224. The van der Waals surface area contributed by atoms with E-state index in [1.165, 1.54) is 0 Å². The molecule has 114 valence electrons. The topological polar surface area (TPSA) is 152 Å². The third-order valence-electron chi connectivity index (χ3n) is 1.66. The summed E-state index contributed by atoms with van der Waals surface area (Å²) in [6.07, 6.45) is 0. The van der Waals surface area contributed by atoms with E-state index in [1.54, 1.807) is 4.90 Å². The molecular formula is C8H24N2O7S. The van der Waals surface area contributed by atoms with Gasteiger partial charge in [-0.25, -0.2) is 0 Å². The molecule has 0 bridgehead atoms. The van der Waals surface area contributed by atoms with Gasteiger partial charge in [0.25, 0.3) is 0 Å². The molecule has 0 aromatic rings. The van der Waals surface area contributed by atoms with E-state index in [9.17, 15) is 8.42 Å². The van der Waals surface area contributed by atoms with Gasteiger partial charge in [-0.2, -0.15) is 8.42 Å². The van der Waals surface area contributed by atoms with E-state index in [0.29, 0.717) is 19.6 Å². The van der Waals surface area contributed by atoms with Crippen molar-refractivity contribution in [1.82, 2.24) is 11.1 Å². The molecule has 0 radical (unpaired) electrons. The Labute approximate surface area is 108 Å². The van der Waals surface area contributed by atoms with E-state index in [0.717, 1.165) is 14.2 Å². The van der Waals surface area contributed by atoms with Crippen molar-refractivity contribution >= 4 is 10.4 Å². The van der Waals surface area contributed by atoms with Crippen LogP contribution in [-0.2, 0) is 18.8 Å². The Morgan fingerprint density at radius 1 is 0.889 bits per heavy atom. The number of hydrogen-bond acceptors (Lipinski definition) is 9. The summed E-state index contributed by atoms with van der Waals surface area (Å²) in [5.74, 6) is 0. The molecule has 18 heavy (non-hydrogen) atoms. The number of aliphatic hydroxyl groups is 3. The lowest BCUT2D eigenvalue weighted by Crippen LogP contribution is -2.32. The van der Waals surface area contributed by atoms with Crippen LogP contribution in [0.25, 0.3) is 0 Å². The van der Waals surface area contributed by atoms with Crippen LogP contribution in [0.15, 0.2) is 0 Å². The van der Waals surface area contributed by atoms with Gasteiger partial charge in [0.1, 0.15) is 0 Å². The molecule has 0 aromatic carbocycles. The van der Waals surface area contributed by atoms with Gasteiger partial charge in [0.05, 0.1) is 34.0 Å². The zero-order valence-corrected chi connectivity index (χ0v) is 11.6. The number of hydrogen-bond donors (Lipinski definition) is 4. The van der Waals surface area contributed by atoms with Crippen LogP contribution in [-0.4, -0.2) is 82.3 Å². The van der Waals surface area contributed by atoms with Gasteiger partial charge in [-0.1, -0.05) is 0 Å². The average molecular weight is 292 g/mol. The van der Waals surface area contributed by atoms with Gasteiger partial charge in [-0.15, -0.1) is 0 Å². The maximum absolute atomic E-state index is 9.92. The van der Waals surface area contributed by atoms with E-state index >= 15 is 0 Å². The predicted octanol–water partition coefficient (Wildman–Crippen LogP) is -2.05. The van der Waals surface area contributed by atoms with Crippen LogP contribution in [0.1, 0.15) is 0 Å². The predicted molar refractivity (Wildman–Crippen MR) is 65.7 cm³/mol. The first-order valence-corrected chi connectivity index (χ1v) is 6.21. The average Bonchev–Trinajstić information content (AvgIpc) is 2.31. The second kappa shape index (κ2) is 14.7. The van der Waals surface area contributed by atoms with E-state index < -0.39 is 10.4 Å². The van der Waals surface area contributed by atoms with E-state index in [2.05, 4.69) is 8.37 Å². The van der Waals surface area contributed by atoms with Crippen molar-refractivity contribution in [2.24, 2.45) is 0 Å². The van der Waals surface area contributed by atoms with E-state index in [-0.39, 0.29) is 26.0 Å². The SMILES string of the molecule is COS(=O)(=O)OC.N.OCCN(CCO)CCO. The summed E-state index contributed by atoms with van der Waals surface area (Å²) in [4.78, 5) is 1.79. The molecule has 0 rings (SSSR count). The van der Waals surface area contributed by atoms with Gasteiger partial charge >= 0.3 is 10.4 Å². The van der Waals surface area contributed by atoms with Gasteiger partial charge in [0.2, 0.25) is 0 Å². The molecule has 0 spiro atoms. The first-order chi connectivity index (χ1) is 7.97.